The van der Waals surface area contributed by atoms with Crippen molar-refractivity contribution in [3.8, 4) is 5.75 Å². The fourth-order valence-electron chi connectivity index (χ4n) is 1.16. The zero-order chi connectivity index (χ0) is 12.9. The molecule has 0 aliphatic heterocycles. The highest BCUT2D eigenvalue weighted by molar-refractivity contribution is 6.17. The number of hydrogen-bond acceptors (Lipinski definition) is 2. The summed E-state index contributed by atoms with van der Waals surface area (Å²) in [7, 11) is 0. The molecule has 6 heteroatoms. The summed E-state index contributed by atoms with van der Waals surface area (Å²) in [5.74, 6) is 0.348. The van der Waals surface area contributed by atoms with Gasteiger partial charge in [-0.3, -0.25) is 0 Å². The molecule has 1 unspecified atom stereocenters. The van der Waals surface area contributed by atoms with Gasteiger partial charge in [0.2, 0.25) is 0 Å². The Hall–Kier alpha value is -0.940. The van der Waals surface area contributed by atoms with E-state index in [1.807, 2.05) is 0 Å². The van der Waals surface area contributed by atoms with E-state index in [2.05, 4.69) is 0 Å². The maximum absolute atomic E-state index is 12.4. The normalized spacial score (nSPS) is 13.5. The lowest BCUT2D eigenvalue weighted by Gasteiger charge is -2.12. The van der Waals surface area contributed by atoms with Gasteiger partial charge in [-0.15, -0.1) is 11.6 Å². The van der Waals surface area contributed by atoms with Crippen molar-refractivity contribution in [1.29, 1.82) is 0 Å². The molecule has 0 saturated carbocycles. The fraction of sp³-hybridized carbons (Fsp3) is 0.455. The third-order valence-electron chi connectivity index (χ3n) is 2.05. The number of aliphatic hydroxyl groups excluding tert-OH is 1. The second-order valence-corrected chi connectivity index (χ2v) is 3.85. The summed E-state index contributed by atoms with van der Waals surface area (Å²) < 4.78 is 42.1. The molecule has 0 bridgehead atoms. The standard InChI is InChI=1S/C11H12ClF3O2/c12-5-4-9(16)7-17-10-3-1-2-8(6-10)11(13,14)15/h1-3,6,9,16H,4-5,7H2. The second kappa shape index (κ2) is 6.12. The van der Waals surface area contributed by atoms with Gasteiger partial charge in [-0.2, -0.15) is 13.2 Å². The van der Waals surface area contributed by atoms with Crippen molar-refractivity contribution in [2.45, 2.75) is 18.7 Å². The molecule has 1 N–H and O–H groups in total. The molecule has 0 aromatic heterocycles. The summed E-state index contributed by atoms with van der Waals surface area (Å²) in [6, 6.07) is 4.52. The Kier molecular flexibility index (Phi) is 5.08. The van der Waals surface area contributed by atoms with Crippen LogP contribution >= 0.6 is 11.6 Å². The van der Waals surface area contributed by atoms with Crippen molar-refractivity contribution < 1.29 is 23.0 Å². The highest BCUT2D eigenvalue weighted by Gasteiger charge is 2.30. The minimum absolute atomic E-state index is 0.0754. The largest absolute Gasteiger partial charge is 0.491 e. The lowest BCUT2D eigenvalue weighted by Crippen LogP contribution is -2.18. The summed E-state index contributed by atoms with van der Waals surface area (Å²) >= 11 is 5.40. The lowest BCUT2D eigenvalue weighted by atomic mass is 10.2. The summed E-state index contributed by atoms with van der Waals surface area (Å²) in [5.41, 5.74) is -0.776. The Morgan fingerprint density at radius 3 is 2.65 bits per heavy atom. The molecular formula is C11H12ClF3O2. The molecule has 0 amide bonds. The molecule has 1 atom stereocenters. The van der Waals surface area contributed by atoms with E-state index in [1.54, 1.807) is 0 Å². The van der Waals surface area contributed by atoms with E-state index in [9.17, 15) is 18.3 Å². The van der Waals surface area contributed by atoms with E-state index in [0.717, 1.165) is 12.1 Å². The first-order valence-electron chi connectivity index (χ1n) is 4.97. The molecule has 1 rings (SSSR count). The van der Waals surface area contributed by atoms with Gasteiger partial charge in [0.25, 0.3) is 0 Å². The number of alkyl halides is 4. The van der Waals surface area contributed by atoms with Gasteiger partial charge in [-0.25, -0.2) is 0 Å². The second-order valence-electron chi connectivity index (χ2n) is 3.47. The van der Waals surface area contributed by atoms with E-state index < -0.39 is 17.8 Å². The molecule has 96 valence electrons. The van der Waals surface area contributed by atoms with E-state index in [-0.39, 0.29) is 18.2 Å². The first-order chi connectivity index (χ1) is 7.93. The quantitative estimate of drug-likeness (QED) is 0.832. The van der Waals surface area contributed by atoms with Crippen LogP contribution in [-0.4, -0.2) is 23.7 Å². The van der Waals surface area contributed by atoms with Crippen LogP contribution in [0.2, 0.25) is 0 Å². The van der Waals surface area contributed by atoms with E-state index in [4.69, 9.17) is 16.3 Å². The molecule has 2 nitrogen and oxygen atoms in total. The topological polar surface area (TPSA) is 29.5 Å². The number of halogens is 4. The molecular weight excluding hydrogens is 257 g/mol. The minimum atomic E-state index is -4.39. The zero-order valence-electron chi connectivity index (χ0n) is 8.88. The van der Waals surface area contributed by atoms with Crippen LogP contribution in [0.25, 0.3) is 0 Å². The minimum Gasteiger partial charge on any atom is -0.491 e. The van der Waals surface area contributed by atoms with Crippen molar-refractivity contribution in [3.63, 3.8) is 0 Å². The molecule has 1 aromatic rings. The maximum Gasteiger partial charge on any atom is 0.416 e. The maximum atomic E-state index is 12.4. The van der Waals surface area contributed by atoms with Crippen molar-refractivity contribution in [3.05, 3.63) is 29.8 Å². The first kappa shape index (κ1) is 14.1. The van der Waals surface area contributed by atoms with Gasteiger partial charge >= 0.3 is 6.18 Å². The Morgan fingerprint density at radius 2 is 2.06 bits per heavy atom. The SMILES string of the molecule is OC(CCCl)COc1cccc(C(F)(F)F)c1. The fourth-order valence-corrected chi connectivity index (χ4v) is 1.42. The highest BCUT2D eigenvalue weighted by Crippen LogP contribution is 2.31. The lowest BCUT2D eigenvalue weighted by molar-refractivity contribution is -0.137. The van der Waals surface area contributed by atoms with Crippen LogP contribution in [-0.2, 0) is 6.18 Å². The molecule has 0 saturated heterocycles. The summed E-state index contributed by atoms with van der Waals surface area (Å²) in [5, 5.41) is 9.31. The molecule has 0 radical (unpaired) electrons. The molecule has 0 heterocycles. The van der Waals surface area contributed by atoms with Crippen molar-refractivity contribution in [2.75, 3.05) is 12.5 Å². The Balaban J connectivity index is 2.60. The van der Waals surface area contributed by atoms with E-state index >= 15 is 0 Å². The van der Waals surface area contributed by atoms with Crippen LogP contribution in [0, 0.1) is 0 Å². The van der Waals surface area contributed by atoms with Gasteiger partial charge in [0, 0.05) is 5.88 Å². The van der Waals surface area contributed by atoms with Crippen LogP contribution in [0.1, 0.15) is 12.0 Å². The van der Waals surface area contributed by atoms with Gasteiger partial charge in [-0.05, 0) is 24.6 Å². The Morgan fingerprint density at radius 1 is 1.35 bits per heavy atom. The zero-order valence-corrected chi connectivity index (χ0v) is 9.63. The van der Waals surface area contributed by atoms with Gasteiger partial charge in [0.1, 0.15) is 12.4 Å². The summed E-state index contributed by atoms with van der Waals surface area (Å²) in [6.07, 6.45) is -4.84. The molecule has 17 heavy (non-hydrogen) atoms. The van der Waals surface area contributed by atoms with Gasteiger partial charge < -0.3 is 9.84 Å². The summed E-state index contributed by atoms with van der Waals surface area (Å²) in [6.45, 7) is -0.0754. The first-order valence-corrected chi connectivity index (χ1v) is 5.51. The van der Waals surface area contributed by atoms with Crippen LogP contribution < -0.4 is 4.74 Å². The highest BCUT2D eigenvalue weighted by atomic mass is 35.5. The summed E-state index contributed by atoms with van der Waals surface area (Å²) in [4.78, 5) is 0. The van der Waals surface area contributed by atoms with Crippen LogP contribution in [0.4, 0.5) is 13.2 Å². The number of aliphatic hydroxyl groups is 1. The third-order valence-corrected chi connectivity index (χ3v) is 2.26. The van der Waals surface area contributed by atoms with Gasteiger partial charge in [-0.1, -0.05) is 6.07 Å². The molecule has 0 aliphatic carbocycles. The number of benzene rings is 1. The number of rotatable bonds is 5. The Bertz CT molecular complexity index is 355. The van der Waals surface area contributed by atoms with E-state index in [1.165, 1.54) is 12.1 Å². The van der Waals surface area contributed by atoms with Gasteiger partial charge in [0.05, 0.1) is 11.7 Å². The number of hydrogen-bond donors (Lipinski definition) is 1. The predicted octanol–water partition coefficient (Wildman–Crippen LogP) is 3.07. The monoisotopic (exact) mass is 268 g/mol. The smallest absolute Gasteiger partial charge is 0.416 e. The molecule has 0 aliphatic rings. The molecule has 0 spiro atoms. The molecule has 0 fully saturated rings. The van der Waals surface area contributed by atoms with Crippen molar-refractivity contribution in [2.24, 2.45) is 0 Å². The van der Waals surface area contributed by atoms with Crippen LogP contribution in [0.3, 0.4) is 0 Å². The Labute approximate surface area is 102 Å². The van der Waals surface area contributed by atoms with Crippen LogP contribution in [0.15, 0.2) is 24.3 Å². The number of ether oxygens (including phenoxy) is 1. The van der Waals surface area contributed by atoms with E-state index in [0.29, 0.717) is 6.42 Å². The average molecular weight is 269 g/mol. The van der Waals surface area contributed by atoms with Crippen LogP contribution in [0.5, 0.6) is 5.75 Å². The van der Waals surface area contributed by atoms with Gasteiger partial charge in [0.15, 0.2) is 0 Å². The van der Waals surface area contributed by atoms with Crippen molar-refractivity contribution in [1.82, 2.24) is 0 Å². The van der Waals surface area contributed by atoms with Crippen molar-refractivity contribution >= 4 is 11.6 Å². The predicted molar refractivity (Wildman–Crippen MR) is 58.3 cm³/mol. The molecule has 1 aromatic carbocycles. The third kappa shape index (κ3) is 4.83. The average Bonchev–Trinajstić information content (AvgIpc) is 2.26.